The van der Waals surface area contributed by atoms with Crippen LogP contribution in [0.3, 0.4) is 0 Å². The fourth-order valence-electron chi connectivity index (χ4n) is 2.54. The van der Waals surface area contributed by atoms with Crippen molar-refractivity contribution < 1.29 is 19.4 Å². The second-order valence-electron chi connectivity index (χ2n) is 4.82. The summed E-state index contributed by atoms with van der Waals surface area (Å²) >= 11 is 0. The molecule has 0 atom stereocenters. The molecule has 0 amide bonds. The number of carbonyl (C=O) groups is 1. The van der Waals surface area contributed by atoms with Crippen molar-refractivity contribution in [1.29, 1.82) is 0 Å². The number of hydrogen-bond donors (Lipinski definition) is 1. The number of aromatic nitrogens is 1. The SMILES string of the molecule is COc1ccccc1Cn1cc(OC(=O)O)c2ccccc21. The normalized spacial score (nSPS) is 10.6. The van der Waals surface area contributed by atoms with E-state index in [-0.39, 0.29) is 0 Å². The minimum Gasteiger partial charge on any atom is -0.496 e. The van der Waals surface area contributed by atoms with Crippen LogP contribution in [0.5, 0.6) is 11.5 Å². The van der Waals surface area contributed by atoms with Gasteiger partial charge in [-0.15, -0.1) is 0 Å². The Morgan fingerprint density at radius 1 is 1.09 bits per heavy atom. The molecule has 3 aromatic rings. The van der Waals surface area contributed by atoms with Gasteiger partial charge in [-0.3, -0.25) is 0 Å². The lowest BCUT2D eigenvalue weighted by Gasteiger charge is -2.09. The highest BCUT2D eigenvalue weighted by atomic mass is 16.7. The van der Waals surface area contributed by atoms with E-state index in [1.165, 1.54) is 0 Å². The molecule has 0 bridgehead atoms. The number of rotatable bonds is 4. The maximum absolute atomic E-state index is 10.8. The minimum atomic E-state index is -1.32. The summed E-state index contributed by atoms with van der Waals surface area (Å²) < 4.78 is 12.2. The number of hydrogen-bond acceptors (Lipinski definition) is 3. The van der Waals surface area contributed by atoms with Crippen molar-refractivity contribution in [3.05, 3.63) is 60.3 Å². The fourth-order valence-corrected chi connectivity index (χ4v) is 2.54. The molecule has 0 aliphatic rings. The zero-order valence-corrected chi connectivity index (χ0v) is 12.0. The monoisotopic (exact) mass is 297 g/mol. The van der Waals surface area contributed by atoms with E-state index >= 15 is 0 Å². The molecule has 2 aromatic carbocycles. The van der Waals surface area contributed by atoms with E-state index in [4.69, 9.17) is 14.6 Å². The Hall–Kier alpha value is -2.95. The number of ether oxygens (including phenoxy) is 2. The van der Waals surface area contributed by atoms with Crippen LogP contribution in [0.15, 0.2) is 54.7 Å². The molecule has 0 saturated heterocycles. The van der Waals surface area contributed by atoms with Gasteiger partial charge in [0.1, 0.15) is 5.75 Å². The van der Waals surface area contributed by atoms with Crippen LogP contribution >= 0.6 is 0 Å². The standard InChI is InChI=1S/C17H15NO4/c1-21-15-9-5-2-6-12(15)10-18-11-16(22-17(19)20)13-7-3-4-8-14(13)18/h2-9,11H,10H2,1H3,(H,19,20). The van der Waals surface area contributed by atoms with Gasteiger partial charge < -0.3 is 19.1 Å². The van der Waals surface area contributed by atoms with Gasteiger partial charge >= 0.3 is 6.16 Å². The molecule has 1 N–H and O–H groups in total. The molecule has 22 heavy (non-hydrogen) atoms. The summed E-state index contributed by atoms with van der Waals surface area (Å²) in [5.41, 5.74) is 1.91. The average Bonchev–Trinajstić information content (AvgIpc) is 2.85. The van der Waals surface area contributed by atoms with Crippen LogP contribution in [0.1, 0.15) is 5.56 Å². The molecule has 5 nitrogen and oxygen atoms in total. The van der Waals surface area contributed by atoms with Gasteiger partial charge in [-0.05, 0) is 18.2 Å². The number of para-hydroxylation sites is 2. The maximum atomic E-state index is 10.8. The molecule has 0 aliphatic carbocycles. The zero-order valence-electron chi connectivity index (χ0n) is 12.0. The fraction of sp³-hybridized carbons (Fsp3) is 0.118. The number of fused-ring (bicyclic) bond motifs is 1. The number of carboxylic acid groups (broad SMARTS) is 1. The van der Waals surface area contributed by atoms with Gasteiger partial charge in [0.2, 0.25) is 0 Å². The predicted molar refractivity (Wildman–Crippen MR) is 82.7 cm³/mol. The Morgan fingerprint density at radius 3 is 2.59 bits per heavy atom. The molecule has 0 saturated carbocycles. The van der Waals surface area contributed by atoms with Crippen molar-refractivity contribution in [1.82, 2.24) is 4.57 Å². The molecule has 0 radical (unpaired) electrons. The Morgan fingerprint density at radius 2 is 1.82 bits per heavy atom. The van der Waals surface area contributed by atoms with Gasteiger partial charge in [-0.25, -0.2) is 4.79 Å². The quantitative estimate of drug-likeness (QED) is 0.745. The molecular weight excluding hydrogens is 282 g/mol. The highest BCUT2D eigenvalue weighted by Gasteiger charge is 2.13. The van der Waals surface area contributed by atoms with Crippen molar-refractivity contribution in [3.63, 3.8) is 0 Å². The predicted octanol–water partition coefficient (Wildman–Crippen LogP) is 3.76. The molecular formula is C17H15NO4. The second-order valence-corrected chi connectivity index (χ2v) is 4.82. The average molecular weight is 297 g/mol. The van der Waals surface area contributed by atoms with Gasteiger partial charge in [0, 0.05) is 17.1 Å². The molecule has 0 aliphatic heterocycles. The van der Waals surface area contributed by atoms with Crippen molar-refractivity contribution in [2.75, 3.05) is 7.11 Å². The lowest BCUT2D eigenvalue weighted by atomic mass is 10.2. The molecule has 112 valence electrons. The zero-order chi connectivity index (χ0) is 15.5. The summed E-state index contributed by atoms with van der Waals surface area (Å²) in [7, 11) is 1.63. The highest BCUT2D eigenvalue weighted by Crippen LogP contribution is 2.30. The number of benzene rings is 2. The lowest BCUT2D eigenvalue weighted by molar-refractivity contribution is 0.145. The molecule has 0 unspecified atom stereocenters. The van der Waals surface area contributed by atoms with Crippen LogP contribution in [0, 0.1) is 0 Å². The summed E-state index contributed by atoms with van der Waals surface area (Å²) in [4.78, 5) is 10.8. The third-order valence-electron chi connectivity index (χ3n) is 3.48. The summed E-state index contributed by atoms with van der Waals surface area (Å²) in [6, 6.07) is 15.3. The smallest absolute Gasteiger partial charge is 0.496 e. The van der Waals surface area contributed by atoms with E-state index < -0.39 is 6.16 Å². The Bertz CT molecular complexity index is 822. The highest BCUT2D eigenvalue weighted by molar-refractivity contribution is 5.88. The van der Waals surface area contributed by atoms with E-state index in [1.54, 1.807) is 13.3 Å². The largest absolute Gasteiger partial charge is 0.511 e. The van der Waals surface area contributed by atoms with Crippen molar-refractivity contribution >= 4 is 17.1 Å². The third kappa shape index (κ3) is 2.61. The van der Waals surface area contributed by atoms with Crippen LogP contribution in [-0.4, -0.2) is 22.9 Å². The summed E-state index contributed by atoms with van der Waals surface area (Å²) in [6.07, 6.45) is 0.380. The molecule has 5 heteroatoms. The van der Waals surface area contributed by atoms with Crippen LogP contribution < -0.4 is 9.47 Å². The minimum absolute atomic E-state index is 0.331. The van der Waals surface area contributed by atoms with Crippen LogP contribution in [0.25, 0.3) is 10.9 Å². The maximum Gasteiger partial charge on any atom is 0.511 e. The van der Waals surface area contributed by atoms with Gasteiger partial charge in [-0.1, -0.05) is 30.3 Å². The van der Waals surface area contributed by atoms with Crippen molar-refractivity contribution in [3.8, 4) is 11.5 Å². The number of methoxy groups -OCH3 is 1. The second kappa shape index (κ2) is 5.81. The van der Waals surface area contributed by atoms with E-state index in [9.17, 15) is 4.79 Å². The first-order valence-corrected chi connectivity index (χ1v) is 6.79. The molecule has 1 aromatic heterocycles. The molecule has 0 fully saturated rings. The Balaban J connectivity index is 2.05. The topological polar surface area (TPSA) is 60.7 Å². The van der Waals surface area contributed by atoms with Crippen LogP contribution in [-0.2, 0) is 6.54 Å². The van der Waals surface area contributed by atoms with E-state index in [1.807, 2.05) is 53.1 Å². The third-order valence-corrected chi connectivity index (χ3v) is 3.48. The van der Waals surface area contributed by atoms with Gasteiger partial charge in [0.05, 0.1) is 19.2 Å². The van der Waals surface area contributed by atoms with E-state index in [2.05, 4.69) is 0 Å². The van der Waals surface area contributed by atoms with Crippen molar-refractivity contribution in [2.45, 2.75) is 6.54 Å². The summed E-state index contributed by atoms with van der Waals surface area (Å²) in [5, 5.41) is 9.62. The van der Waals surface area contributed by atoms with Gasteiger partial charge in [-0.2, -0.15) is 0 Å². The Labute approximate surface area is 127 Å². The lowest BCUT2D eigenvalue weighted by Crippen LogP contribution is -2.03. The first-order valence-electron chi connectivity index (χ1n) is 6.79. The summed E-state index contributed by atoms with van der Waals surface area (Å²) in [5.74, 6) is 1.12. The van der Waals surface area contributed by atoms with Gasteiger partial charge in [0.25, 0.3) is 0 Å². The van der Waals surface area contributed by atoms with E-state index in [0.29, 0.717) is 12.3 Å². The molecule has 0 spiro atoms. The van der Waals surface area contributed by atoms with Gasteiger partial charge in [0.15, 0.2) is 5.75 Å². The molecule has 3 rings (SSSR count). The van der Waals surface area contributed by atoms with Crippen molar-refractivity contribution in [2.24, 2.45) is 0 Å². The van der Waals surface area contributed by atoms with Crippen LogP contribution in [0.2, 0.25) is 0 Å². The summed E-state index contributed by atoms with van der Waals surface area (Å²) in [6.45, 7) is 0.563. The van der Waals surface area contributed by atoms with E-state index in [0.717, 1.165) is 22.2 Å². The van der Waals surface area contributed by atoms with Crippen LogP contribution in [0.4, 0.5) is 4.79 Å². The first-order chi connectivity index (χ1) is 10.7. The number of nitrogens with zero attached hydrogens (tertiary/aromatic N) is 1. The first kappa shape index (κ1) is 14.0. The Kier molecular flexibility index (Phi) is 3.70. The molecule has 1 heterocycles.